The van der Waals surface area contributed by atoms with E-state index in [0.717, 1.165) is 10.8 Å². The predicted molar refractivity (Wildman–Crippen MR) is 69.3 cm³/mol. The van der Waals surface area contributed by atoms with Gasteiger partial charge in [-0.15, -0.1) is 0 Å². The van der Waals surface area contributed by atoms with E-state index in [1.807, 2.05) is 30.3 Å². The molecule has 18 heavy (non-hydrogen) atoms. The molecule has 0 atom stereocenters. The number of hydrogen-bond donors (Lipinski definition) is 2. The fourth-order valence-corrected chi connectivity index (χ4v) is 1.98. The molecule has 0 bridgehead atoms. The van der Waals surface area contributed by atoms with E-state index in [-0.39, 0.29) is 12.2 Å². The highest BCUT2D eigenvalue weighted by Gasteiger charge is 2.13. The van der Waals surface area contributed by atoms with Crippen LogP contribution >= 0.6 is 0 Å². The van der Waals surface area contributed by atoms with Crippen molar-refractivity contribution in [1.82, 2.24) is 0 Å². The first kappa shape index (κ1) is 12.1. The summed E-state index contributed by atoms with van der Waals surface area (Å²) in [6.07, 6.45) is -0.415. The number of carboxylic acids is 1. The quantitative estimate of drug-likeness (QED) is 0.635. The van der Waals surface area contributed by atoms with Gasteiger partial charge >= 0.3 is 5.97 Å². The van der Waals surface area contributed by atoms with Gasteiger partial charge in [0.25, 0.3) is 0 Å². The minimum absolute atomic E-state index is 0.0550. The normalized spacial score (nSPS) is 10.4. The molecule has 2 aromatic carbocycles. The third kappa shape index (κ3) is 2.48. The summed E-state index contributed by atoms with van der Waals surface area (Å²) in [7, 11) is 0. The predicted octanol–water partition coefficient (Wildman–Crippen LogP) is 2.01. The van der Waals surface area contributed by atoms with Gasteiger partial charge in [0, 0.05) is 12.1 Å². The molecule has 92 valence electrons. The molecule has 0 aliphatic heterocycles. The number of anilines is 1. The fraction of sp³-hybridized carbons (Fsp3) is 0.143. The summed E-state index contributed by atoms with van der Waals surface area (Å²) in [6, 6.07) is 11.2. The van der Waals surface area contributed by atoms with Crippen molar-refractivity contribution < 1.29 is 14.7 Å². The summed E-state index contributed by atoms with van der Waals surface area (Å²) >= 11 is 0. The Kier molecular flexibility index (Phi) is 3.28. The zero-order valence-electron chi connectivity index (χ0n) is 9.72. The maximum absolute atomic E-state index is 11.6. The van der Waals surface area contributed by atoms with E-state index in [9.17, 15) is 9.59 Å². The molecule has 0 heterocycles. The van der Waals surface area contributed by atoms with Crippen LogP contribution in [0.15, 0.2) is 36.4 Å². The Bertz CT molecular complexity index is 619. The van der Waals surface area contributed by atoms with Crippen molar-refractivity contribution in [3.8, 4) is 0 Å². The van der Waals surface area contributed by atoms with Crippen molar-refractivity contribution >= 4 is 28.2 Å². The third-order valence-electron chi connectivity index (χ3n) is 2.80. The SMILES string of the molecule is Nc1ccc2ccccc2c1CC(=O)CC(=O)O. The number of carbonyl (C=O) groups is 2. The standard InChI is InChI=1S/C14H13NO3/c15-13-6-5-9-3-1-2-4-11(9)12(13)7-10(16)8-14(17)18/h1-6H,7-8,15H2,(H,17,18). The van der Waals surface area contributed by atoms with Crippen molar-refractivity contribution in [2.24, 2.45) is 0 Å². The number of benzene rings is 2. The number of carboxylic acid groups (broad SMARTS) is 1. The number of nitrogen functional groups attached to an aromatic ring is 1. The van der Waals surface area contributed by atoms with Gasteiger partial charge in [-0.2, -0.15) is 0 Å². The number of nitrogens with two attached hydrogens (primary N) is 1. The van der Waals surface area contributed by atoms with Crippen LogP contribution in [-0.2, 0) is 16.0 Å². The molecule has 2 aromatic rings. The van der Waals surface area contributed by atoms with Gasteiger partial charge < -0.3 is 10.8 Å². The molecule has 4 heteroatoms. The second-order valence-corrected chi connectivity index (χ2v) is 4.14. The Hall–Kier alpha value is -2.36. The van der Waals surface area contributed by atoms with Crippen LogP contribution in [-0.4, -0.2) is 16.9 Å². The summed E-state index contributed by atoms with van der Waals surface area (Å²) < 4.78 is 0. The molecule has 0 saturated carbocycles. The molecule has 0 saturated heterocycles. The summed E-state index contributed by atoms with van der Waals surface area (Å²) in [5.41, 5.74) is 7.09. The molecule has 0 aliphatic carbocycles. The highest BCUT2D eigenvalue weighted by molar-refractivity contribution is 5.99. The van der Waals surface area contributed by atoms with Crippen molar-refractivity contribution in [2.75, 3.05) is 5.73 Å². The maximum atomic E-state index is 11.6. The first-order chi connectivity index (χ1) is 8.58. The van der Waals surface area contributed by atoms with Gasteiger partial charge in [-0.1, -0.05) is 30.3 Å². The molecule has 3 N–H and O–H groups in total. The number of fused-ring (bicyclic) bond motifs is 1. The second-order valence-electron chi connectivity index (χ2n) is 4.14. The number of carbonyl (C=O) groups excluding carboxylic acids is 1. The van der Waals surface area contributed by atoms with E-state index in [2.05, 4.69) is 0 Å². The number of Topliss-reactive ketones (excluding diaryl/α,β-unsaturated/α-hetero) is 1. The van der Waals surface area contributed by atoms with E-state index in [4.69, 9.17) is 10.8 Å². The first-order valence-corrected chi connectivity index (χ1v) is 5.57. The van der Waals surface area contributed by atoms with Crippen LogP contribution in [0.5, 0.6) is 0 Å². The number of hydrogen-bond acceptors (Lipinski definition) is 3. The van der Waals surface area contributed by atoms with Crippen molar-refractivity contribution in [1.29, 1.82) is 0 Å². The van der Waals surface area contributed by atoms with Crippen LogP contribution in [0.1, 0.15) is 12.0 Å². The molecule has 0 aliphatic rings. The largest absolute Gasteiger partial charge is 0.481 e. The highest BCUT2D eigenvalue weighted by atomic mass is 16.4. The van der Waals surface area contributed by atoms with Crippen molar-refractivity contribution in [2.45, 2.75) is 12.8 Å². The molecule has 0 fully saturated rings. The lowest BCUT2D eigenvalue weighted by Gasteiger charge is -2.08. The molecule has 0 unspecified atom stereocenters. The highest BCUT2D eigenvalue weighted by Crippen LogP contribution is 2.25. The lowest BCUT2D eigenvalue weighted by molar-refractivity contribution is -0.140. The summed E-state index contributed by atoms with van der Waals surface area (Å²) in [6.45, 7) is 0. The zero-order valence-corrected chi connectivity index (χ0v) is 9.72. The minimum Gasteiger partial charge on any atom is -0.481 e. The molecular weight excluding hydrogens is 230 g/mol. The molecule has 4 nitrogen and oxygen atoms in total. The van der Waals surface area contributed by atoms with Gasteiger partial charge in [-0.3, -0.25) is 9.59 Å². The third-order valence-corrected chi connectivity index (χ3v) is 2.80. The van der Waals surface area contributed by atoms with Crippen LogP contribution in [0.2, 0.25) is 0 Å². The zero-order chi connectivity index (χ0) is 13.1. The minimum atomic E-state index is -1.11. The van der Waals surface area contributed by atoms with Crippen LogP contribution in [0.4, 0.5) is 5.69 Å². The van der Waals surface area contributed by atoms with Crippen molar-refractivity contribution in [3.05, 3.63) is 42.0 Å². The van der Waals surface area contributed by atoms with Gasteiger partial charge in [0.05, 0.1) is 0 Å². The van der Waals surface area contributed by atoms with Gasteiger partial charge in [0.1, 0.15) is 12.2 Å². The number of ketones is 1. The second kappa shape index (κ2) is 4.87. The molecule has 0 spiro atoms. The van der Waals surface area contributed by atoms with Crippen LogP contribution in [0.3, 0.4) is 0 Å². The van der Waals surface area contributed by atoms with E-state index in [1.165, 1.54) is 0 Å². The van der Waals surface area contributed by atoms with E-state index < -0.39 is 12.4 Å². The first-order valence-electron chi connectivity index (χ1n) is 5.57. The monoisotopic (exact) mass is 243 g/mol. The Balaban J connectivity index is 2.40. The van der Waals surface area contributed by atoms with E-state index >= 15 is 0 Å². The molecular formula is C14H13NO3. The Labute approximate surface area is 104 Å². The summed E-state index contributed by atoms with van der Waals surface area (Å²) in [4.78, 5) is 22.1. The lowest BCUT2D eigenvalue weighted by atomic mass is 9.98. The van der Waals surface area contributed by atoms with E-state index in [0.29, 0.717) is 11.3 Å². The molecule has 0 amide bonds. The summed E-state index contributed by atoms with van der Waals surface area (Å²) in [5, 5.41) is 10.5. The van der Waals surface area contributed by atoms with Crippen molar-refractivity contribution in [3.63, 3.8) is 0 Å². The van der Waals surface area contributed by atoms with Crippen LogP contribution < -0.4 is 5.73 Å². The van der Waals surface area contributed by atoms with E-state index in [1.54, 1.807) is 6.07 Å². The Morgan fingerprint density at radius 2 is 1.83 bits per heavy atom. The van der Waals surface area contributed by atoms with Crippen LogP contribution in [0, 0.1) is 0 Å². The van der Waals surface area contributed by atoms with Crippen LogP contribution in [0.25, 0.3) is 10.8 Å². The Morgan fingerprint density at radius 3 is 2.56 bits per heavy atom. The maximum Gasteiger partial charge on any atom is 0.310 e. The molecule has 0 radical (unpaired) electrons. The fourth-order valence-electron chi connectivity index (χ4n) is 1.98. The van der Waals surface area contributed by atoms with Gasteiger partial charge in [0.15, 0.2) is 0 Å². The summed E-state index contributed by atoms with van der Waals surface area (Å²) in [5.74, 6) is -1.45. The smallest absolute Gasteiger partial charge is 0.310 e. The van der Waals surface area contributed by atoms with Gasteiger partial charge in [0.2, 0.25) is 0 Å². The lowest BCUT2D eigenvalue weighted by Crippen LogP contribution is -2.10. The molecule has 0 aromatic heterocycles. The van der Waals surface area contributed by atoms with Gasteiger partial charge in [-0.05, 0) is 22.4 Å². The topological polar surface area (TPSA) is 80.4 Å². The van der Waals surface area contributed by atoms with Gasteiger partial charge in [-0.25, -0.2) is 0 Å². The average molecular weight is 243 g/mol. The number of aliphatic carboxylic acids is 1. The average Bonchev–Trinajstić information content (AvgIpc) is 2.32. The Morgan fingerprint density at radius 1 is 1.11 bits per heavy atom. The number of rotatable bonds is 4. The molecule has 2 rings (SSSR count).